The van der Waals surface area contributed by atoms with Gasteiger partial charge in [-0.2, -0.15) is 0 Å². The van der Waals surface area contributed by atoms with Crippen LogP contribution in [0.3, 0.4) is 0 Å². The molecule has 0 radical (unpaired) electrons. The molecule has 2 heterocycles. The highest BCUT2D eigenvalue weighted by molar-refractivity contribution is 6.08. The molecule has 0 spiro atoms. The third-order valence-corrected chi connectivity index (χ3v) is 6.99. The number of carboxylic acid groups (broad SMARTS) is 1. The van der Waals surface area contributed by atoms with E-state index in [1.165, 1.54) is 0 Å². The highest BCUT2D eigenvalue weighted by Crippen LogP contribution is 2.23. The summed E-state index contributed by atoms with van der Waals surface area (Å²) in [6.45, 7) is 4.52. The van der Waals surface area contributed by atoms with E-state index in [0.29, 0.717) is 44.5 Å². The number of para-hydroxylation sites is 1. The molecule has 1 aliphatic heterocycles. The first-order chi connectivity index (χ1) is 19.5. The molecule has 9 nitrogen and oxygen atoms in total. The second-order valence-electron chi connectivity index (χ2n) is 9.88. The van der Waals surface area contributed by atoms with Crippen molar-refractivity contribution in [1.29, 1.82) is 0 Å². The quantitative estimate of drug-likeness (QED) is 0.314. The average Bonchev–Trinajstić information content (AvgIpc) is 3.33. The molecule has 0 aliphatic carbocycles. The van der Waals surface area contributed by atoms with Crippen LogP contribution in [0.5, 0.6) is 0 Å². The molecular weight excluding hydrogens is 508 g/mol. The van der Waals surface area contributed by atoms with Crippen molar-refractivity contribution in [1.82, 2.24) is 20.1 Å². The Bertz CT molecular complexity index is 1260. The number of hydrogen-bond acceptors (Lipinski definition) is 5. The number of nitrogens with one attached hydrogen (secondary N) is 2. The molecular formula is C31H40N4O5. The van der Waals surface area contributed by atoms with Crippen LogP contribution in [0.15, 0.2) is 60.8 Å². The largest absolute Gasteiger partial charge is 0.483 e. The van der Waals surface area contributed by atoms with Crippen molar-refractivity contribution in [2.45, 2.75) is 58.0 Å². The van der Waals surface area contributed by atoms with Gasteiger partial charge in [0.2, 0.25) is 11.8 Å². The number of benzene rings is 2. The standard InChI is InChI=1S/C30H38N4O3.CH2O2/c1-2-11-28(35)25-21-34(27-15-7-6-14-24(25)27)22-30(37)33-18-9-8-16-31-26(23-12-4-3-5-13-23)20-29(36)32-17-10-19-33;2-1-3/h3-7,12-15,21,26,31H,2,8-11,16-20,22H2,1H3,(H,32,36);1H,(H,2,3). The molecule has 4 rings (SSSR count). The van der Waals surface area contributed by atoms with E-state index in [9.17, 15) is 14.4 Å². The van der Waals surface area contributed by atoms with Gasteiger partial charge in [-0.25, -0.2) is 0 Å². The highest BCUT2D eigenvalue weighted by Gasteiger charge is 2.20. The molecule has 40 heavy (non-hydrogen) atoms. The van der Waals surface area contributed by atoms with Gasteiger partial charge in [-0.15, -0.1) is 0 Å². The number of amides is 2. The Morgan fingerprint density at radius 3 is 2.45 bits per heavy atom. The first-order valence-electron chi connectivity index (χ1n) is 14.0. The monoisotopic (exact) mass is 548 g/mol. The molecule has 1 saturated heterocycles. The number of aromatic nitrogens is 1. The Kier molecular flexibility index (Phi) is 12.4. The topological polar surface area (TPSA) is 121 Å². The van der Waals surface area contributed by atoms with Crippen LogP contribution in [0.2, 0.25) is 0 Å². The Morgan fingerprint density at radius 2 is 1.70 bits per heavy atom. The Hall–Kier alpha value is -3.98. The molecule has 0 bridgehead atoms. The average molecular weight is 549 g/mol. The second kappa shape index (κ2) is 16.2. The molecule has 9 heteroatoms. The van der Waals surface area contributed by atoms with Gasteiger partial charge in [0.1, 0.15) is 6.54 Å². The number of fused-ring (bicyclic) bond motifs is 1. The van der Waals surface area contributed by atoms with E-state index < -0.39 is 0 Å². The number of carbonyl (C=O) groups excluding carboxylic acids is 3. The lowest BCUT2D eigenvalue weighted by molar-refractivity contribution is -0.132. The second-order valence-corrected chi connectivity index (χ2v) is 9.88. The van der Waals surface area contributed by atoms with E-state index in [-0.39, 0.29) is 36.7 Å². The summed E-state index contributed by atoms with van der Waals surface area (Å²) in [6.07, 6.45) is 6.03. The van der Waals surface area contributed by atoms with Gasteiger partial charge in [-0.1, -0.05) is 55.5 Å². The summed E-state index contributed by atoms with van der Waals surface area (Å²) in [4.78, 5) is 49.0. The van der Waals surface area contributed by atoms with Crippen LogP contribution in [0, 0.1) is 0 Å². The Morgan fingerprint density at radius 1 is 1.00 bits per heavy atom. The SMILES string of the molecule is CCCC(=O)c1cn(CC(=O)N2CCCCNC(c3ccccc3)CC(=O)NCCC2)c2ccccc12.O=CO. The van der Waals surface area contributed by atoms with Crippen molar-refractivity contribution in [3.05, 3.63) is 71.9 Å². The fraction of sp³-hybridized carbons (Fsp3) is 0.419. The zero-order valence-corrected chi connectivity index (χ0v) is 23.2. The van der Waals surface area contributed by atoms with Crippen LogP contribution in [0.25, 0.3) is 10.9 Å². The van der Waals surface area contributed by atoms with Crippen LogP contribution in [-0.2, 0) is 20.9 Å². The summed E-state index contributed by atoms with van der Waals surface area (Å²) in [5.74, 6) is 0.164. The van der Waals surface area contributed by atoms with Gasteiger partial charge < -0.3 is 25.2 Å². The number of carbonyl (C=O) groups is 4. The molecule has 214 valence electrons. The molecule has 2 aromatic carbocycles. The van der Waals surface area contributed by atoms with Crippen molar-refractivity contribution in [2.24, 2.45) is 0 Å². The number of ketones is 1. The molecule has 0 saturated carbocycles. The molecule has 1 atom stereocenters. The number of Topliss-reactive ketones (excluding diaryl/α,β-unsaturated/α-hetero) is 1. The fourth-order valence-electron chi connectivity index (χ4n) is 5.02. The number of hydrogen-bond donors (Lipinski definition) is 3. The lowest BCUT2D eigenvalue weighted by atomic mass is 10.0. The maximum absolute atomic E-state index is 13.4. The normalized spacial score (nSPS) is 16.9. The number of nitrogens with zero attached hydrogens (tertiary/aromatic N) is 2. The number of rotatable bonds is 6. The van der Waals surface area contributed by atoms with E-state index in [0.717, 1.165) is 42.3 Å². The molecule has 1 fully saturated rings. The lowest BCUT2D eigenvalue weighted by Gasteiger charge is -2.23. The molecule has 1 aliphatic rings. The van der Waals surface area contributed by atoms with Gasteiger partial charge in [0.15, 0.2) is 5.78 Å². The minimum Gasteiger partial charge on any atom is -0.483 e. The van der Waals surface area contributed by atoms with Gasteiger partial charge in [0, 0.05) is 61.2 Å². The van der Waals surface area contributed by atoms with Crippen LogP contribution < -0.4 is 10.6 Å². The van der Waals surface area contributed by atoms with Gasteiger partial charge in [0.25, 0.3) is 6.47 Å². The maximum Gasteiger partial charge on any atom is 0.290 e. The lowest BCUT2D eigenvalue weighted by Crippen LogP contribution is -2.37. The molecule has 3 aromatic rings. The van der Waals surface area contributed by atoms with Crippen molar-refractivity contribution in [2.75, 3.05) is 26.2 Å². The summed E-state index contributed by atoms with van der Waals surface area (Å²) >= 11 is 0. The molecule has 1 unspecified atom stereocenters. The minimum absolute atomic E-state index is 0.0153. The van der Waals surface area contributed by atoms with Gasteiger partial charge >= 0.3 is 0 Å². The van der Waals surface area contributed by atoms with E-state index in [1.54, 1.807) is 0 Å². The summed E-state index contributed by atoms with van der Waals surface area (Å²) in [5.41, 5.74) is 2.71. The predicted molar refractivity (Wildman–Crippen MR) is 155 cm³/mol. The van der Waals surface area contributed by atoms with E-state index in [4.69, 9.17) is 9.90 Å². The Labute approximate surface area is 235 Å². The predicted octanol–water partition coefficient (Wildman–Crippen LogP) is 4.17. The van der Waals surface area contributed by atoms with E-state index in [1.807, 2.05) is 65.1 Å². The molecule has 2 amide bonds. The minimum atomic E-state index is -0.250. The van der Waals surface area contributed by atoms with Crippen LogP contribution in [-0.4, -0.2) is 64.8 Å². The van der Waals surface area contributed by atoms with Crippen molar-refractivity contribution in [3.8, 4) is 0 Å². The highest BCUT2D eigenvalue weighted by atomic mass is 16.3. The third-order valence-electron chi connectivity index (χ3n) is 6.99. The van der Waals surface area contributed by atoms with Crippen LogP contribution in [0.1, 0.15) is 67.4 Å². The zero-order valence-electron chi connectivity index (χ0n) is 23.2. The van der Waals surface area contributed by atoms with Crippen molar-refractivity contribution in [3.63, 3.8) is 0 Å². The summed E-state index contributed by atoms with van der Waals surface area (Å²) < 4.78 is 1.91. The van der Waals surface area contributed by atoms with Crippen molar-refractivity contribution < 1.29 is 24.3 Å². The van der Waals surface area contributed by atoms with Gasteiger partial charge in [-0.05, 0) is 43.9 Å². The van der Waals surface area contributed by atoms with Crippen LogP contribution in [0.4, 0.5) is 0 Å². The van der Waals surface area contributed by atoms with Gasteiger partial charge in [0.05, 0.1) is 0 Å². The zero-order chi connectivity index (χ0) is 28.7. The van der Waals surface area contributed by atoms with Crippen LogP contribution >= 0.6 is 0 Å². The summed E-state index contributed by atoms with van der Waals surface area (Å²) in [7, 11) is 0. The first-order valence-corrected chi connectivity index (χ1v) is 14.0. The smallest absolute Gasteiger partial charge is 0.290 e. The van der Waals surface area contributed by atoms with Crippen molar-refractivity contribution >= 4 is 35.0 Å². The van der Waals surface area contributed by atoms with Gasteiger partial charge in [-0.3, -0.25) is 19.2 Å². The molecule has 1 aromatic heterocycles. The van der Waals surface area contributed by atoms with E-state index in [2.05, 4.69) is 22.8 Å². The molecule has 3 N–H and O–H groups in total. The first kappa shape index (κ1) is 30.6. The maximum atomic E-state index is 13.4. The fourth-order valence-corrected chi connectivity index (χ4v) is 5.02. The van der Waals surface area contributed by atoms with E-state index >= 15 is 0 Å². The summed E-state index contributed by atoms with van der Waals surface area (Å²) in [5, 5.41) is 14.3. The third kappa shape index (κ3) is 8.77. The Balaban J connectivity index is 0.00000141. The summed E-state index contributed by atoms with van der Waals surface area (Å²) in [6, 6.07) is 17.8.